The van der Waals surface area contributed by atoms with Gasteiger partial charge < -0.3 is 0 Å². The molecule has 0 saturated heterocycles. The highest BCUT2D eigenvalue weighted by atomic mass is 35.5. The van der Waals surface area contributed by atoms with Crippen LogP contribution < -0.4 is 4.72 Å². The Morgan fingerprint density at radius 3 is 2.82 bits per heavy atom. The number of benzene rings is 1. The summed E-state index contributed by atoms with van der Waals surface area (Å²) in [5.74, 6) is 0.139. The molecule has 6 heteroatoms. The van der Waals surface area contributed by atoms with Crippen molar-refractivity contribution in [3.8, 4) is 6.07 Å². The quantitative estimate of drug-likeness (QED) is 0.835. The highest BCUT2D eigenvalue weighted by molar-refractivity contribution is 7.92. The molecule has 1 atom stereocenters. The first-order chi connectivity index (χ1) is 7.96. The van der Waals surface area contributed by atoms with E-state index in [-0.39, 0.29) is 11.7 Å². The van der Waals surface area contributed by atoms with Gasteiger partial charge in [-0.05, 0) is 24.1 Å². The second-order valence-corrected chi connectivity index (χ2v) is 5.91. The minimum absolute atomic E-state index is 0.0344. The molecule has 1 N–H and O–H groups in total. The van der Waals surface area contributed by atoms with Crippen molar-refractivity contribution < 1.29 is 8.42 Å². The molecule has 0 fully saturated rings. The van der Waals surface area contributed by atoms with Crippen molar-refractivity contribution in [1.29, 1.82) is 5.26 Å². The summed E-state index contributed by atoms with van der Waals surface area (Å²) in [5, 5.41) is 8.70. The molecule has 92 valence electrons. The maximum absolute atomic E-state index is 11.7. The number of nitrogens with zero attached hydrogens (tertiary/aromatic N) is 1. The summed E-state index contributed by atoms with van der Waals surface area (Å²) in [4.78, 5) is 0. The summed E-state index contributed by atoms with van der Waals surface area (Å²) < 4.78 is 25.9. The molecule has 0 aliphatic carbocycles. The Bertz CT molecular complexity index is 523. The van der Waals surface area contributed by atoms with E-state index < -0.39 is 10.0 Å². The number of nitriles is 1. The number of hydrogen-bond donors (Lipinski definition) is 1. The van der Waals surface area contributed by atoms with Crippen LogP contribution in [0.2, 0.25) is 0 Å². The number of sulfonamides is 1. The fourth-order valence-electron chi connectivity index (χ4n) is 1.29. The predicted octanol–water partition coefficient (Wildman–Crippen LogP) is 2.17. The molecule has 4 nitrogen and oxygen atoms in total. The van der Waals surface area contributed by atoms with Crippen LogP contribution >= 0.6 is 11.6 Å². The minimum Gasteiger partial charge on any atom is -0.284 e. The first kappa shape index (κ1) is 13.8. The molecule has 0 saturated carbocycles. The number of alkyl halides is 1. The fourth-order valence-corrected chi connectivity index (χ4v) is 2.97. The van der Waals surface area contributed by atoms with Crippen LogP contribution in [0.1, 0.15) is 12.5 Å². The van der Waals surface area contributed by atoms with Crippen LogP contribution in [0.3, 0.4) is 0 Å². The van der Waals surface area contributed by atoms with Crippen molar-refractivity contribution >= 4 is 27.3 Å². The molecule has 0 bridgehead atoms. The highest BCUT2D eigenvalue weighted by Gasteiger charge is 2.15. The molecule has 0 heterocycles. The Labute approximate surface area is 106 Å². The molecule has 1 aromatic rings. The lowest BCUT2D eigenvalue weighted by atomic mass is 10.2. The second-order valence-electron chi connectivity index (χ2n) is 3.84. The zero-order chi connectivity index (χ0) is 12.9. The average molecular weight is 273 g/mol. The standard InChI is InChI=1S/C11H13ClN2O2S/c1-9(6-12)8-17(15,16)14-11-4-2-3-10(5-11)7-13/h2-5,9,14H,6,8H2,1H3. The Balaban J connectivity index is 2.80. The van der Waals surface area contributed by atoms with Gasteiger partial charge >= 0.3 is 0 Å². The Hall–Kier alpha value is -1.25. The third kappa shape index (κ3) is 4.63. The molecule has 0 aromatic heterocycles. The number of nitrogens with one attached hydrogen (secondary N) is 1. The van der Waals surface area contributed by atoms with E-state index >= 15 is 0 Å². The molecular formula is C11H13ClN2O2S. The van der Waals surface area contributed by atoms with E-state index in [1.165, 1.54) is 6.07 Å². The van der Waals surface area contributed by atoms with Gasteiger partial charge in [0.25, 0.3) is 0 Å². The van der Waals surface area contributed by atoms with Gasteiger partial charge in [-0.2, -0.15) is 5.26 Å². The number of hydrogen-bond acceptors (Lipinski definition) is 3. The molecule has 1 rings (SSSR count). The zero-order valence-corrected chi connectivity index (χ0v) is 10.9. The van der Waals surface area contributed by atoms with Crippen LogP contribution in [-0.2, 0) is 10.0 Å². The molecule has 17 heavy (non-hydrogen) atoms. The van der Waals surface area contributed by atoms with Crippen LogP contribution in [0.5, 0.6) is 0 Å². The normalized spacial score (nSPS) is 12.8. The Morgan fingerprint density at radius 1 is 1.53 bits per heavy atom. The van der Waals surface area contributed by atoms with E-state index in [4.69, 9.17) is 16.9 Å². The van der Waals surface area contributed by atoms with Crippen LogP contribution in [0.15, 0.2) is 24.3 Å². The van der Waals surface area contributed by atoms with E-state index in [1.54, 1.807) is 25.1 Å². The van der Waals surface area contributed by atoms with Crippen molar-refractivity contribution in [3.05, 3.63) is 29.8 Å². The molecular weight excluding hydrogens is 260 g/mol. The maximum Gasteiger partial charge on any atom is 0.233 e. The van der Waals surface area contributed by atoms with Crippen molar-refractivity contribution in [1.82, 2.24) is 0 Å². The van der Waals surface area contributed by atoms with Gasteiger partial charge in [0.1, 0.15) is 0 Å². The molecule has 0 aliphatic rings. The molecule has 1 aromatic carbocycles. The van der Waals surface area contributed by atoms with Gasteiger partial charge in [-0.3, -0.25) is 4.72 Å². The summed E-state index contributed by atoms with van der Waals surface area (Å²) in [6, 6.07) is 8.28. The van der Waals surface area contributed by atoms with Gasteiger partial charge in [0.05, 0.1) is 17.4 Å². The van der Waals surface area contributed by atoms with Crippen molar-refractivity contribution in [2.24, 2.45) is 5.92 Å². The summed E-state index contributed by atoms with van der Waals surface area (Å²) in [5.41, 5.74) is 0.807. The van der Waals surface area contributed by atoms with Crippen LogP contribution in [-0.4, -0.2) is 20.1 Å². The molecule has 0 aliphatic heterocycles. The summed E-state index contributed by atoms with van der Waals surface area (Å²) in [7, 11) is -3.41. The van der Waals surface area contributed by atoms with Gasteiger partial charge in [-0.25, -0.2) is 8.42 Å². The zero-order valence-electron chi connectivity index (χ0n) is 9.35. The first-order valence-corrected chi connectivity index (χ1v) is 7.22. The third-order valence-corrected chi connectivity index (χ3v) is 4.11. The summed E-state index contributed by atoms with van der Waals surface area (Å²) >= 11 is 5.57. The lowest BCUT2D eigenvalue weighted by molar-refractivity contribution is 0.588. The molecule has 1 unspecified atom stereocenters. The summed E-state index contributed by atoms with van der Waals surface area (Å²) in [6.45, 7) is 1.76. The fraction of sp³-hybridized carbons (Fsp3) is 0.364. The number of halogens is 1. The van der Waals surface area contributed by atoms with Crippen molar-refractivity contribution in [2.75, 3.05) is 16.4 Å². The molecule has 0 spiro atoms. The maximum atomic E-state index is 11.7. The van der Waals surface area contributed by atoms with Crippen LogP contribution in [0.25, 0.3) is 0 Å². The van der Waals surface area contributed by atoms with Gasteiger partial charge in [0, 0.05) is 11.6 Å². The largest absolute Gasteiger partial charge is 0.284 e. The van der Waals surface area contributed by atoms with E-state index in [0.717, 1.165) is 0 Å². The van der Waals surface area contributed by atoms with Gasteiger partial charge in [-0.15, -0.1) is 11.6 Å². The third-order valence-electron chi connectivity index (χ3n) is 2.03. The van der Waals surface area contributed by atoms with Crippen molar-refractivity contribution in [3.63, 3.8) is 0 Å². The highest BCUT2D eigenvalue weighted by Crippen LogP contribution is 2.13. The molecule has 0 radical (unpaired) electrons. The van der Waals surface area contributed by atoms with E-state index in [9.17, 15) is 8.42 Å². The van der Waals surface area contributed by atoms with E-state index in [1.807, 2.05) is 6.07 Å². The van der Waals surface area contributed by atoms with Crippen LogP contribution in [0.4, 0.5) is 5.69 Å². The van der Waals surface area contributed by atoms with Gasteiger partial charge in [-0.1, -0.05) is 13.0 Å². The molecule has 0 amide bonds. The second kappa shape index (κ2) is 5.89. The van der Waals surface area contributed by atoms with E-state index in [2.05, 4.69) is 4.72 Å². The topological polar surface area (TPSA) is 70.0 Å². The first-order valence-electron chi connectivity index (χ1n) is 5.03. The average Bonchev–Trinajstić information content (AvgIpc) is 2.27. The Kier molecular flexibility index (Phi) is 4.79. The van der Waals surface area contributed by atoms with Gasteiger partial charge in [0.15, 0.2) is 0 Å². The summed E-state index contributed by atoms with van der Waals surface area (Å²) in [6.07, 6.45) is 0. The monoisotopic (exact) mass is 272 g/mol. The lowest BCUT2D eigenvalue weighted by Gasteiger charge is -2.11. The van der Waals surface area contributed by atoms with Crippen LogP contribution in [0, 0.1) is 17.2 Å². The van der Waals surface area contributed by atoms with Gasteiger partial charge in [0.2, 0.25) is 10.0 Å². The minimum atomic E-state index is -3.41. The smallest absolute Gasteiger partial charge is 0.233 e. The lowest BCUT2D eigenvalue weighted by Crippen LogP contribution is -2.22. The number of rotatable bonds is 5. The van der Waals surface area contributed by atoms with E-state index in [0.29, 0.717) is 17.1 Å². The number of anilines is 1. The predicted molar refractivity (Wildman–Crippen MR) is 68.5 cm³/mol. The van der Waals surface area contributed by atoms with Crippen molar-refractivity contribution in [2.45, 2.75) is 6.92 Å². The Morgan fingerprint density at radius 2 is 2.24 bits per heavy atom. The SMILES string of the molecule is CC(CCl)CS(=O)(=O)Nc1cccc(C#N)c1.